The summed E-state index contributed by atoms with van der Waals surface area (Å²) in [5.41, 5.74) is 4.71. The summed E-state index contributed by atoms with van der Waals surface area (Å²) in [6, 6.07) is 14.7. The van der Waals surface area contributed by atoms with Crippen LogP contribution in [0.5, 0.6) is 0 Å². The molecule has 1 fully saturated rings. The molecule has 5 heteroatoms. The fourth-order valence-electron chi connectivity index (χ4n) is 3.93. The van der Waals surface area contributed by atoms with Crippen LogP contribution >= 0.6 is 11.3 Å². The van der Waals surface area contributed by atoms with Crippen LogP contribution in [0, 0.1) is 12.8 Å². The first kappa shape index (κ1) is 15.8. The van der Waals surface area contributed by atoms with E-state index in [1.807, 2.05) is 11.0 Å². The molecule has 5 rings (SSSR count). The van der Waals surface area contributed by atoms with E-state index in [0.717, 1.165) is 48.8 Å². The van der Waals surface area contributed by atoms with Crippen LogP contribution in [0.3, 0.4) is 0 Å². The summed E-state index contributed by atoms with van der Waals surface area (Å²) in [6.07, 6.45) is 2.12. The van der Waals surface area contributed by atoms with Crippen LogP contribution in [0.15, 0.2) is 42.5 Å². The lowest BCUT2D eigenvalue weighted by atomic mass is 9.95. The van der Waals surface area contributed by atoms with Crippen molar-refractivity contribution >= 4 is 38.3 Å². The summed E-state index contributed by atoms with van der Waals surface area (Å²) in [4.78, 5) is 22.0. The van der Waals surface area contributed by atoms with Crippen molar-refractivity contribution < 1.29 is 4.79 Å². The Labute approximate surface area is 157 Å². The van der Waals surface area contributed by atoms with Gasteiger partial charge in [-0.15, -0.1) is 0 Å². The summed E-state index contributed by atoms with van der Waals surface area (Å²) in [6.45, 7) is 4.49. The fourth-order valence-corrected chi connectivity index (χ4v) is 5.01. The first-order valence-corrected chi connectivity index (χ1v) is 10.0. The molecule has 3 heterocycles. The molecule has 2 aliphatic rings. The first-order valence-electron chi connectivity index (χ1n) is 9.20. The number of anilines is 2. The number of aryl methyl sites for hydroxylation is 2. The monoisotopic (exact) mass is 363 g/mol. The van der Waals surface area contributed by atoms with E-state index in [-0.39, 0.29) is 11.8 Å². The predicted molar refractivity (Wildman–Crippen MR) is 107 cm³/mol. The Morgan fingerprint density at radius 2 is 2.04 bits per heavy atom. The maximum Gasteiger partial charge on any atom is 0.233 e. The van der Waals surface area contributed by atoms with E-state index in [9.17, 15) is 4.79 Å². The lowest BCUT2D eigenvalue weighted by Gasteiger charge is -2.41. The SMILES string of the molecule is Cc1ccc2nc(N3CC(C(=O)N4CCCc5ccccc54)C3)sc2c1. The number of fused-ring (bicyclic) bond motifs is 2. The van der Waals surface area contributed by atoms with Crippen LogP contribution in [0.25, 0.3) is 10.2 Å². The molecular formula is C21H21N3OS. The van der Waals surface area contributed by atoms with E-state index in [0.29, 0.717) is 0 Å². The molecule has 0 N–H and O–H groups in total. The molecule has 0 aliphatic carbocycles. The molecule has 0 radical (unpaired) electrons. The van der Waals surface area contributed by atoms with E-state index < -0.39 is 0 Å². The highest BCUT2D eigenvalue weighted by Crippen LogP contribution is 2.35. The van der Waals surface area contributed by atoms with E-state index >= 15 is 0 Å². The summed E-state index contributed by atoms with van der Waals surface area (Å²) < 4.78 is 1.22. The van der Waals surface area contributed by atoms with Crippen LogP contribution in [0.1, 0.15) is 17.5 Å². The van der Waals surface area contributed by atoms with Gasteiger partial charge in [-0.2, -0.15) is 0 Å². The Hall–Kier alpha value is -2.40. The Bertz CT molecular complexity index is 990. The van der Waals surface area contributed by atoms with Gasteiger partial charge < -0.3 is 9.80 Å². The number of benzene rings is 2. The van der Waals surface area contributed by atoms with Crippen molar-refractivity contribution in [2.75, 3.05) is 29.4 Å². The van der Waals surface area contributed by atoms with E-state index in [4.69, 9.17) is 4.98 Å². The van der Waals surface area contributed by atoms with Gasteiger partial charge in [-0.05, 0) is 49.1 Å². The number of para-hydroxylation sites is 1. The summed E-state index contributed by atoms with van der Waals surface area (Å²) in [5.74, 6) is 0.347. The number of hydrogen-bond acceptors (Lipinski definition) is 4. The maximum absolute atomic E-state index is 13.0. The van der Waals surface area contributed by atoms with Gasteiger partial charge in [0.15, 0.2) is 5.13 Å². The Kier molecular flexibility index (Phi) is 3.71. The third-order valence-corrected chi connectivity index (χ3v) is 6.49. The zero-order valence-corrected chi connectivity index (χ0v) is 15.6. The van der Waals surface area contributed by atoms with Gasteiger partial charge in [0, 0.05) is 25.3 Å². The zero-order valence-electron chi connectivity index (χ0n) is 14.8. The van der Waals surface area contributed by atoms with Gasteiger partial charge in [0.1, 0.15) is 0 Å². The molecule has 1 saturated heterocycles. The number of hydrogen-bond donors (Lipinski definition) is 0. The summed E-state index contributed by atoms with van der Waals surface area (Å²) >= 11 is 1.72. The molecule has 4 nitrogen and oxygen atoms in total. The molecule has 0 atom stereocenters. The third-order valence-electron chi connectivity index (χ3n) is 5.41. The average molecular weight is 363 g/mol. The number of aromatic nitrogens is 1. The van der Waals surface area contributed by atoms with Gasteiger partial charge in [-0.1, -0.05) is 35.6 Å². The molecule has 0 spiro atoms. The minimum Gasteiger partial charge on any atom is -0.346 e. The highest BCUT2D eigenvalue weighted by molar-refractivity contribution is 7.22. The van der Waals surface area contributed by atoms with Gasteiger partial charge >= 0.3 is 0 Å². The number of nitrogens with zero attached hydrogens (tertiary/aromatic N) is 3. The predicted octanol–water partition coefficient (Wildman–Crippen LogP) is 4.02. The summed E-state index contributed by atoms with van der Waals surface area (Å²) in [5, 5.41) is 1.04. The van der Waals surface area contributed by atoms with Crippen molar-refractivity contribution in [2.45, 2.75) is 19.8 Å². The second kappa shape index (κ2) is 6.09. The van der Waals surface area contributed by atoms with E-state index in [1.54, 1.807) is 11.3 Å². The second-order valence-electron chi connectivity index (χ2n) is 7.29. The maximum atomic E-state index is 13.0. The standard InChI is InChI=1S/C21H21N3OS/c1-14-8-9-17-19(11-14)26-21(22-17)23-12-16(13-23)20(25)24-10-4-6-15-5-2-3-7-18(15)24/h2-3,5,7-9,11,16H,4,6,10,12-13H2,1H3. The van der Waals surface area contributed by atoms with Gasteiger partial charge in [0.05, 0.1) is 16.1 Å². The number of amides is 1. The van der Waals surface area contributed by atoms with Crippen LogP contribution in [-0.4, -0.2) is 30.5 Å². The number of carbonyl (C=O) groups excluding carboxylic acids is 1. The molecule has 1 amide bonds. The average Bonchev–Trinajstić information content (AvgIpc) is 3.02. The van der Waals surface area contributed by atoms with Crippen LogP contribution < -0.4 is 9.80 Å². The van der Waals surface area contributed by atoms with Crippen LogP contribution in [0.2, 0.25) is 0 Å². The van der Waals surface area contributed by atoms with Crippen molar-refractivity contribution in [1.82, 2.24) is 4.98 Å². The Balaban J connectivity index is 1.31. The fraction of sp³-hybridized carbons (Fsp3) is 0.333. The van der Waals surface area contributed by atoms with Gasteiger partial charge in [0.25, 0.3) is 0 Å². The van der Waals surface area contributed by atoms with Crippen molar-refractivity contribution in [1.29, 1.82) is 0 Å². The molecule has 0 bridgehead atoms. The topological polar surface area (TPSA) is 36.4 Å². The number of rotatable bonds is 2. The van der Waals surface area contributed by atoms with E-state index in [1.165, 1.54) is 15.8 Å². The van der Waals surface area contributed by atoms with Crippen LogP contribution in [-0.2, 0) is 11.2 Å². The molecule has 3 aromatic rings. The van der Waals surface area contributed by atoms with Crippen molar-refractivity contribution in [2.24, 2.45) is 5.92 Å². The highest BCUT2D eigenvalue weighted by Gasteiger charge is 2.38. The van der Waals surface area contributed by atoms with Gasteiger partial charge in [-0.3, -0.25) is 4.79 Å². The minimum absolute atomic E-state index is 0.0786. The third kappa shape index (κ3) is 2.58. The van der Waals surface area contributed by atoms with Gasteiger partial charge in [0.2, 0.25) is 5.91 Å². The minimum atomic E-state index is 0.0786. The summed E-state index contributed by atoms with van der Waals surface area (Å²) in [7, 11) is 0. The molecular weight excluding hydrogens is 342 g/mol. The Morgan fingerprint density at radius 1 is 1.19 bits per heavy atom. The van der Waals surface area contributed by atoms with Crippen LogP contribution in [0.4, 0.5) is 10.8 Å². The molecule has 132 valence electrons. The molecule has 1 aromatic heterocycles. The van der Waals surface area contributed by atoms with E-state index in [2.05, 4.69) is 48.2 Å². The molecule has 2 aliphatic heterocycles. The van der Waals surface area contributed by atoms with Crippen molar-refractivity contribution in [3.05, 3.63) is 53.6 Å². The molecule has 0 unspecified atom stereocenters. The molecule has 0 saturated carbocycles. The Morgan fingerprint density at radius 3 is 2.92 bits per heavy atom. The zero-order chi connectivity index (χ0) is 17.7. The highest BCUT2D eigenvalue weighted by atomic mass is 32.1. The number of carbonyl (C=O) groups is 1. The largest absolute Gasteiger partial charge is 0.346 e. The van der Waals surface area contributed by atoms with Gasteiger partial charge in [-0.25, -0.2) is 4.98 Å². The second-order valence-corrected chi connectivity index (χ2v) is 8.30. The molecule has 26 heavy (non-hydrogen) atoms. The van der Waals surface area contributed by atoms with Crippen molar-refractivity contribution in [3.63, 3.8) is 0 Å². The smallest absolute Gasteiger partial charge is 0.233 e. The lowest BCUT2D eigenvalue weighted by Crippen LogP contribution is -2.55. The van der Waals surface area contributed by atoms with Crippen molar-refractivity contribution in [3.8, 4) is 0 Å². The quantitative estimate of drug-likeness (QED) is 0.690. The normalized spacial score (nSPS) is 17.3. The first-order chi connectivity index (χ1) is 12.7. The lowest BCUT2D eigenvalue weighted by molar-refractivity contribution is -0.123. The number of thiazole rings is 1. The molecule has 2 aromatic carbocycles.